The third kappa shape index (κ3) is 1.89. The number of aromatic nitrogens is 4. The van der Waals surface area contributed by atoms with Crippen LogP contribution in [0.5, 0.6) is 0 Å². The molecular weight excluding hydrogens is 244 g/mol. The second kappa shape index (κ2) is 4.59. The van der Waals surface area contributed by atoms with Gasteiger partial charge in [0.1, 0.15) is 0 Å². The van der Waals surface area contributed by atoms with Gasteiger partial charge in [-0.2, -0.15) is 21.4 Å². The number of fused-ring (bicyclic) bond motifs is 1. The summed E-state index contributed by atoms with van der Waals surface area (Å²) in [5.41, 5.74) is 2.82. The Morgan fingerprint density at radius 3 is 2.69 bits per heavy atom. The summed E-state index contributed by atoms with van der Waals surface area (Å²) in [6.45, 7) is 3.94. The molecule has 0 spiro atoms. The summed E-state index contributed by atoms with van der Waals surface area (Å²) in [5, 5.41) is 13.1. The molecule has 2 aromatic rings. The van der Waals surface area contributed by atoms with Crippen molar-refractivity contribution in [3.8, 4) is 0 Å². The minimum Gasteiger partial charge on any atom is -0.196 e. The van der Waals surface area contributed by atoms with Crippen molar-refractivity contribution in [1.29, 1.82) is 0 Å². The molecule has 4 nitrogen and oxygen atoms in total. The lowest BCUT2D eigenvalue weighted by Gasteiger charge is -2.04. The quantitative estimate of drug-likeness (QED) is 0.845. The zero-order chi connectivity index (χ0) is 11.7. The third-order valence-electron chi connectivity index (χ3n) is 2.63. The van der Waals surface area contributed by atoms with E-state index in [-0.39, 0.29) is 0 Å². The second-order valence-corrected chi connectivity index (χ2v) is 4.98. The number of hydrogen-bond acceptors (Lipinski definition) is 4. The summed E-state index contributed by atoms with van der Waals surface area (Å²) >= 11 is 7.84. The van der Waals surface area contributed by atoms with E-state index in [9.17, 15) is 0 Å². The first-order chi connectivity index (χ1) is 7.65. The van der Waals surface area contributed by atoms with Crippen LogP contribution in [0, 0.1) is 13.8 Å². The van der Waals surface area contributed by atoms with Crippen molar-refractivity contribution in [3.05, 3.63) is 22.1 Å². The lowest BCUT2D eigenvalue weighted by Crippen LogP contribution is -2.03. The molecular formula is C10H13ClN4S. The molecule has 0 saturated carbocycles. The van der Waals surface area contributed by atoms with E-state index >= 15 is 0 Å². The zero-order valence-electron chi connectivity index (χ0n) is 9.49. The first kappa shape index (κ1) is 11.7. The maximum absolute atomic E-state index is 6.06. The minimum atomic E-state index is 0.523. The average molecular weight is 257 g/mol. The number of aryl methyl sites for hydroxylation is 2. The van der Waals surface area contributed by atoms with Gasteiger partial charge in [0.05, 0.1) is 0 Å². The van der Waals surface area contributed by atoms with E-state index in [0.717, 1.165) is 34.8 Å². The van der Waals surface area contributed by atoms with Gasteiger partial charge >= 0.3 is 0 Å². The highest BCUT2D eigenvalue weighted by Crippen LogP contribution is 2.19. The molecule has 0 aliphatic carbocycles. The monoisotopic (exact) mass is 256 g/mol. The van der Waals surface area contributed by atoms with Crippen molar-refractivity contribution in [1.82, 2.24) is 19.8 Å². The van der Waals surface area contributed by atoms with E-state index < -0.39 is 0 Å². The number of thioether (sulfide) groups is 1. The zero-order valence-corrected chi connectivity index (χ0v) is 11.1. The van der Waals surface area contributed by atoms with Crippen molar-refractivity contribution < 1.29 is 0 Å². The van der Waals surface area contributed by atoms with E-state index in [1.54, 1.807) is 16.3 Å². The molecule has 2 aromatic heterocycles. The van der Waals surface area contributed by atoms with Crippen molar-refractivity contribution >= 4 is 29.0 Å². The molecule has 16 heavy (non-hydrogen) atoms. The summed E-state index contributed by atoms with van der Waals surface area (Å²) in [7, 11) is 0. The van der Waals surface area contributed by atoms with Gasteiger partial charge in [-0.1, -0.05) is 11.6 Å². The molecule has 0 amide bonds. The van der Waals surface area contributed by atoms with Crippen molar-refractivity contribution in [2.75, 3.05) is 12.0 Å². The van der Waals surface area contributed by atoms with E-state index in [0.29, 0.717) is 5.15 Å². The summed E-state index contributed by atoms with van der Waals surface area (Å²) in [6, 6.07) is 0. The predicted octanol–water partition coefficient (Wildman–Crippen LogP) is 2.30. The highest BCUT2D eigenvalue weighted by atomic mass is 35.5. The minimum absolute atomic E-state index is 0.523. The van der Waals surface area contributed by atoms with Crippen LogP contribution in [0.3, 0.4) is 0 Å². The summed E-state index contributed by atoms with van der Waals surface area (Å²) in [4.78, 5) is 0. The first-order valence-electron chi connectivity index (χ1n) is 5.01. The molecule has 0 fully saturated rings. The van der Waals surface area contributed by atoms with Gasteiger partial charge < -0.3 is 0 Å². The normalized spacial score (nSPS) is 11.2. The molecule has 6 heteroatoms. The summed E-state index contributed by atoms with van der Waals surface area (Å²) < 4.78 is 1.75. The van der Waals surface area contributed by atoms with Crippen LogP contribution in [0.25, 0.3) is 5.65 Å². The Kier molecular flexibility index (Phi) is 3.35. The largest absolute Gasteiger partial charge is 0.196 e. The molecule has 2 rings (SSSR count). The summed E-state index contributed by atoms with van der Waals surface area (Å²) in [6.07, 6.45) is 2.92. The Morgan fingerprint density at radius 2 is 2.00 bits per heavy atom. The fourth-order valence-corrected chi connectivity index (χ4v) is 2.09. The molecule has 0 saturated heterocycles. The number of rotatable bonds is 3. The van der Waals surface area contributed by atoms with Crippen LogP contribution in [0.15, 0.2) is 0 Å². The first-order valence-corrected chi connectivity index (χ1v) is 6.78. The Morgan fingerprint density at radius 1 is 1.25 bits per heavy atom. The van der Waals surface area contributed by atoms with Crippen molar-refractivity contribution in [2.24, 2.45) is 0 Å². The molecule has 0 radical (unpaired) electrons. The molecule has 0 aliphatic rings. The molecule has 0 bridgehead atoms. The predicted molar refractivity (Wildman–Crippen MR) is 67.4 cm³/mol. The molecule has 0 aromatic carbocycles. The lowest BCUT2D eigenvalue weighted by molar-refractivity contribution is 0.821. The Labute approximate surface area is 103 Å². The fourth-order valence-electron chi connectivity index (χ4n) is 1.49. The van der Waals surface area contributed by atoms with Crippen LogP contribution < -0.4 is 0 Å². The smallest absolute Gasteiger partial charge is 0.181 e. The Hall–Kier alpha value is -0.810. The van der Waals surface area contributed by atoms with E-state index in [1.165, 1.54) is 0 Å². The van der Waals surface area contributed by atoms with Gasteiger partial charge in [-0.25, -0.2) is 0 Å². The topological polar surface area (TPSA) is 43.1 Å². The highest BCUT2D eigenvalue weighted by molar-refractivity contribution is 7.98. The average Bonchev–Trinajstić information content (AvgIpc) is 2.66. The number of halogens is 1. The SMILES string of the molecule is CSCCc1nnc2c(C)c(C)c(Cl)nn12. The molecule has 0 unspecified atom stereocenters. The molecule has 86 valence electrons. The van der Waals surface area contributed by atoms with Gasteiger partial charge in [0.25, 0.3) is 0 Å². The molecule has 2 heterocycles. The van der Waals surface area contributed by atoms with Gasteiger partial charge in [0.15, 0.2) is 16.6 Å². The molecule has 0 atom stereocenters. The van der Waals surface area contributed by atoms with Gasteiger partial charge in [-0.05, 0) is 25.7 Å². The maximum Gasteiger partial charge on any atom is 0.181 e. The fraction of sp³-hybridized carbons (Fsp3) is 0.500. The lowest BCUT2D eigenvalue weighted by atomic mass is 10.2. The number of nitrogens with zero attached hydrogens (tertiary/aromatic N) is 4. The van der Waals surface area contributed by atoms with Crippen LogP contribution in [-0.2, 0) is 6.42 Å². The van der Waals surface area contributed by atoms with E-state index in [2.05, 4.69) is 21.6 Å². The van der Waals surface area contributed by atoms with Gasteiger partial charge in [0, 0.05) is 17.7 Å². The van der Waals surface area contributed by atoms with Crippen LogP contribution >= 0.6 is 23.4 Å². The molecule has 0 aliphatic heterocycles. The van der Waals surface area contributed by atoms with E-state index in [1.807, 2.05) is 13.8 Å². The van der Waals surface area contributed by atoms with Crippen molar-refractivity contribution in [3.63, 3.8) is 0 Å². The maximum atomic E-state index is 6.06. The van der Waals surface area contributed by atoms with Crippen LogP contribution in [-0.4, -0.2) is 31.8 Å². The van der Waals surface area contributed by atoms with Crippen LogP contribution in [0.4, 0.5) is 0 Å². The standard InChI is InChI=1S/C10H13ClN4S/c1-6-7(2)10-13-12-8(4-5-16-3)15(10)14-9(6)11/h4-5H2,1-3H3. The highest BCUT2D eigenvalue weighted by Gasteiger charge is 2.12. The van der Waals surface area contributed by atoms with Crippen molar-refractivity contribution in [2.45, 2.75) is 20.3 Å². The van der Waals surface area contributed by atoms with E-state index in [4.69, 9.17) is 11.6 Å². The van der Waals surface area contributed by atoms with Gasteiger partial charge in [-0.15, -0.1) is 10.2 Å². The van der Waals surface area contributed by atoms with Gasteiger partial charge in [-0.3, -0.25) is 0 Å². The summed E-state index contributed by atoms with van der Waals surface area (Å²) in [5.74, 6) is 1.88. The van der Waals surface area contributed by atoms with Crippen LogP contribution in [0.2, 0.25) is 5.15 Å². The Balaban J connectivity index is 2.55. The second-order valence-electron chi connectivity index (χ2n) is 3.64. The number of hydrogen-bond donors (Lipinski definition) is 0. The van der Waals surface area contributed by atoms with Gasteiger partial charge in [0.2, 0.25) is 0 Å². The molecule has 0 N–H and O–H groups in total. The van der Waals surface area contributed by atoms with Crippen LogP contribution in [0.1, 0.15) is 17.0 Å². The Bertz CT molecular complexity index is 523. The third-order valence-corrected chi connectivity index (χ3v) is 3.60.